The molecule has 2 aromatic carbocycles. The maximum Gasteiger partial charge on any atom is 0.272 e. The Morgan fingerprint density at radius 3 is 2.79 bits per heavy atom. The van der Waals surface area contributed by atoms with E-state index in [-0.39, 0.29) is 11.8 Å². The van der Waals surface area contributed by atoms with Gasteiger partial charge in [0.05, 0.1) is 16.8 Å². The third-order valence-electron chi connectivity index (χ3n) is 4.04. The molecule has 0 aliphatic rings. The monoisotopic (exact) mass is 429 g/mol. The van der Waals surface area contributed by atoms with Crippen molar-refractivity contribution in [1.82, 2.24) is 4.57 Å². The van der Waals surface area contributed by atoms with Gasteiger partial charge in [-0.3, -0.25) is 9.59 Å². The number of fused-ring (bicyclic) bond motifs is 1. The number of ether oxygens (including phenoxy) is 1. The van der Waals surface area contributed by atoms with Gasteiger partial charge in [-0.2, -0.15) is 4.99 Å². The average molecular weight is 430 g/mol. The molecule has 1 heterocycles. The van der Waals surface area contributed by atoms with Gasteiger partial charge in [-0.25, -0.2) is 0 Å². The topological polar surface area (TPSA) is 72.7 Å². The fourth-order valence-electron chi connectivity index (χ4n) is 2.74. The molecule has 0 bridgehead atoms. The molecule has 1 aromatic heterocycles. The number of benzene rings is 2. The molecule has 150 valence electrons. The SMILES string of the molecule is COCCn1c(=NC(=O)/C=C/c2ccccc2Cl)sc2cc(NC(C)=O)ccc21. The Bertz CT molecular complexity index is 1150. The summed E-state index contributed by atoms with van der Waals surface area (Å²) in [5.41, 5.74) is 2.37. The van der Waals surface area contributed by atoms with Crippen molar-refractivity contribution >= 4 is 56.7 Å². The fraction of sp³-hybridized carbons (Fsp3) is 0.190. The van der Waals surface area contributed by atoms with Crippen LogP contribution in [-0.4, -0.2) is 30.1 Å². The Morgan fingerprint density at radius 1 is 1.28 bits per heavy atom. The van der Waals surface area contributed by atoms with E-state index in [1.54, 1.807) is 19.3 Å². The van der Waals surface area contributed by atoms with E-state index in [0.717, 1.165) is 15.8 Å². The van der Waals surface area contributed by atoms with Crippen LogP contribution in [0.1, 0.15) is 12.5 Å². The molecule has 3 rings (SSSR count). The van der Waals surface area contributed by atoms with Gasteiger partial charge in [-0.05, 0) is 35.9 Å². The van der Waals surface area contributed by atoms with Crippen molar-refractivity contribution in [3.05, 3.63) is 63.9 Å². The predicted molar refractivity (Wildman–Crippen MR) is 117 cm³/mol. The molecule has 0 unspecified atom stereocenters. The Hall–Kier alpha value is -2.74. The van der Waals surface area contributed by atoms with Crippen molar-refractivity contribution in [2.75, 3.05) is 19.0 Å². The summed E-state index contributed by atoms with van der Waals surface area (Å²) in [6, 6.07) is 12.9. The number of nitrogens with one attached hydrogen (secondary N) is 1. The van der Waals surface area contributed by atoms with E-state index in [4.69, 9.17) is 16.3 Å². The normalized spacial score (nSPS) is 12.0. The highest BCUT2D eigenvalue weighted by atomic mass is 35.5. The van der Waals surface area contributed by atoms with E-state index in [9.17, 15) is 9.59 Å². The lowest BCUT2D eigenvalue weighted by Crippen LogP contribution is -2.18. The van der Waals surface area contributed by atoms with Gasteiger partial charge in [-0.15, -0.1) is 0 Å². The summed E-state index contributed by atoms with van der Waals surface area (Å²) in [6.07, 6.45) is 3.05. The molecule has 0 aliphatic heterocycles. The lowest BCUT2D eigenvalue weighted by Gasteiger charge is -2.05. The molecule has 0 fully saturated rings. The van der Waals surface area contributed by atoms with Gasteiger partial charge in [0.2, 0.25) is 5.91 Å². The van der Waals surface area contributed by atoms with Crippen LogP contribution in [0, 0.1) is 0 Å². The number of amides is 2. The van der Waals surface area contributed by atoms with E-state index in [1.807, 2.05) is 41.0 Å². The number of nitrogens with zero attached hydrogens (tertiary/aromatic N) is 2. The van der Waals surface area contributed by atoms with Crippen LogP contribution in [0.15, 0.2) is 53.5 Å². The van der Waals surface area contributed by atoms with Crippen molar-refractivity contribution in [2.24, 2.45) is 4.99 Å². The third-order valence-corrected chi connectivity index (χ3v) is 5.42. The number of methoxy groups -OCH3 is 1. The van der Waals surface area contributed by atoms with E-state index in [2.05, 4.69) is 10.3 Å². The first kappa shape index (κ1) is 21.0. The highest BCUT2D eigenvalue weighted by molar-refractivity contribution is 7.16. The molecule has 1 N–H and O–H groups in total. The summed E-state index contributed by atoms with van der Waals surface area (Å²) in [6.45, 7) is 2.49. The van der Waals surface area contributed by atoms with Crippen molar-refractivity contribution < 1.29 is 14.3 Å². The first-order valence-electron chi connectivity index (χ1n) is 8.89. The molecule has 29 heavy (non-hydrogen) atoms. The van der Waals surface area contributed by atoms with Crippen LogP contribution in [0.3, 0.4) is 0 Å². The highest BCUT2D eigenvalue weighted by Crippen LogP contribution is 2.22. The molecule has 0 saturated carbocycles. The molecule has 8 heteroatoms. The van der Waals surface area contributed by atoms with Crippen molar-refractivity contribution in [2.45, 2.75) is 13.5 Å². The number of aromatic nitrogens is 1. The molecule has 2 amide bonds. The van der Waals surface area contributed by atoms with Crippen LogP contribution in [0.25, 0.3) is 16.3 Å². The van der Waals surface area contributed by atoms with Crippen molar-refractivity contribution in [3.63, 3.8) is 0 Å². The van der Waals surface area contributed by atoms with Gasteiger partial charge >= 0.3 is 0 Å². The molecule has 0 spiro atoms. The quantitative estimate of drug-likeness (QED) is 0.599. The van der Waals surface area contributed by atoms with Crippen LogP contribution in [-0.2, 0) is 20.9 Å². The molecule has 0 radical (unpaired) electrons. The minimum absolute atomic E-state index is 0.141. The van der Waals surface area contributed by atoms with Crippen LogP contribution < -0.4 is 10.1 Å². The molecule has 6 nitrogen and oxygen atoms in total. The molecular weight excluding hydrogens is 410 g/mol. The van der Waals surface area contributed by atoms with E-state index in [0.29, 0.717) is 28.7 Å². The molecule has 0 atom stereocenters. The Labute approximate surface area is 177 Å². The number of thiazole rings is 1. The minimum Gasteiger partial charge on any atom is -0.383 e. The second-order valence-corrected chi connectivity index (χ2v) is 7.61. The summed E-state index contributed by atoms with van der Waals surface area (Å²) in [5.74, 6) is -0.525. The van der Waals surface area contributed by atoms with Gasteiger partial charge in [0.25, 0.3) is 5.91 Å². The van der Waals surface area contributed by atoms with Crippen LogP contribution in [0.5, 0.6) is 0 Å². The van der Waals surface area contributed by atoms with Gasteiger partial charge < -0.3 is 14.6 Å². The fourth-order valence-corrected chi connectivity index (χ4v) is 4.04. The molecule has 0 saturated heterocycles. The zero-order chi connectivity index (χ0) is 20.8. The largest absolute Gasteiger partial charge is 0.383 e. The number of hydrogen-bond acceptors (Lipinski definition) is 4. The average Bonchev–Trinajstić information content (AvgIpc) is 3.01. The van der Waals surface area contributed by atoms with Gasteiger partial charge in [0.15, 0.2) is 4.80 Å². The zero-order valence-electron chi connectivity index (χ0n) is 16.0. The Balaban J connectivity index is 1.98. The van der Waals surface area contributed by atoms with E-state index in [1.165, 1.54) is 24.3 Å². The third kappa shape index (κ3) is 5.41. The van der Waals surface area contributed by atoms with Gasteiger partial charge in [-0.1, -0.05) is 41.1 Å². The van der Waals surface area contributed by atoms with Crippen LogP contribution in [0.2, 0.25) is 5.02 Å². The number of anilines is 1. The summed E-state index contributed by atoms with van der Waals surface area (Å²) in [7, 11) is 1.62. The van der Waals surface area contributed by atoms with E-state index >= 15 is 0 Å². The van der Waals surface area contributed by atoms with Crippen molar-refractivity contribution in [1.29, 1.82) is 0 Å². The lowest BCUT2D eigenvalue weighted by molar-refractivity contribution is -0.114. The maximum atomic E-state index is 12.4. The highest BCUT2D eigenvalue weighted by Gasteiger charge is 2.09. The first-order valence-corrected chi connectivity index (χ1v) is 10.1. The molecular formula is C21H20ClN3O3S. The standard InChI is InChI=1S/C21H20ClN3O3S/c1-14(26)23-16-8-9-18-19(13-16)29-21(25(18)11-12-28-2)24-20(27)10-7-15-5-3-4-6-17(15)22/h3-10,13H,11-12H2,1-2H3,(H,23,26)/b10-7+,24-21?. The number of rotatable bonds is 6. The number of carbonyl (C=O) groups excluding carboxylic acids is 2. The first-order chi connectivity index (χ1) is 14.0. The van der Waals surface area contributed by atoms with Crippen molar-refractivity contribution in [3.8, 4) is 0 Å². The molecule has 0 aliphatic carbocycles. The number of hydrogen-bond donors (Lipinski definition) is 1. The van der Waals surface area contributed by atoms with Crippen LogP contribution in [0.4, 0.5) is 5.69 Å². The smallest absolute Gasteiger partial charge is 0.272 e. The summed E-state index contributed by atoms with van der Waals surface area (Å²) in [4.78, 5) is 28.5. The number of carbonyl (C=O) groups is 2. The predicted octanol–water partition coefficient (Wildman–Crippen LogP) is 4.10. The van der Waals surface area contributed by atoms with Crippen LogP contribution >= 0.6 is 22.9 Å². The Morgan fingerprint density at radius 2 is 2.07 bits per heavy atom. The van der Waals surface area contributed by atoms with E-state index < -0.39 is 0 Å². The summed E-state index contributed by atoms with van der Waals surface area (Å²) >= 11 is 7.49. The van der Waals surface area contributed by atoms with Gasteiger partial charge in [0, 0.05) is 37.4 Å². The second-order valence-electron chi connectivity index (χ2n) is 6.20. The summed E-state index contributed by atoms with van der Waals surface area (Å²) in [5, 5.41) is 3.33. The minimum atomic E-state index is -0.385. The summed E-state index contributed by atoms with van der Waals surface area (Å²) < 4.78 is 8.03. The lowest BCUT2D eigenvalue weighted by atomic mass is 10.2. The second kappa shape index (κ2) is 9.65. The number of halogens is 1. The zero-order valence-corrected chi connectivity index (χ0v) is 17.6. The molecule has 3 aromatic rings. The van der Waals surface area contributed by atoms with Gasteiger partial charge in [0.1, 0.15) is 0 Å². The Kier molecular flexibility index (Phi) is 6.98. The maximum absolute atomic E-state index is 12.4.